The first-order chi connectivity index (χ1) is 10.2. The first-order valence-corrected chi connectivity index (χ1v) is 7.54. The second-order valence-corrected chi connectivity index (χ2v) is 5.48. The Morgan fingerprint density at radius 3 is 2.67 bits per heavy atom. The highest BCUT2D eigenvalue weighted by atomic mass is 16.5. The van der Waals surface area contributed by atoms with Crippen LogP contribution in [0.2, 0.25) is 0 Å². The lowest BCUT2D eigenvalue weighted by atomic mass is 10.0. The summed E-state index contributed by atoms with van der Waals surface area (Å²) in [4.78, 5) is 4.53. The zero-order valence-electron chi connectivity index (χ0n) is 12.3. The van der Waals surface area contributed by atoms with Crippen molar-refractivity contribution in [2.45, 2.75) is 44.2 Å². The minimum atomic E-state index is -0.396. The van der Waals surface area contributed by atoms with E-state index in [1.165, 1.54) is 0 Å². The number of benzene rings is 1. The Bertz CT molecular complexity index is 576. The Morgan fingerprint density at radius 1 is 1.29 bits per heavy atom. The molecule has 0 radical (unpaired) electrons. The molecule has 2 N–H and O–H groups in total. The van der Waals surface area contributed by atoms with Crippen LogP contribution in [-0.4, -0.2) is 16.7 Å². The monoisotopic (exact) mass is 287 g/mol. The molecule has 1 saturated carbocycles. The summed E-state index contributed by atoms with van der Waals surface area (Å²) in [5.74, 6) is 1.09. The maximum atomic E-state index is 6.21. The zero-order valence-corrected chi connectivity index (χ0v) is 12.3. The molecule has 1 aliphatic carbocycles. The fourth-order valence-electron chi connectivity index (χ4n) is 3.00. The first-order valence-electron chi connectivity index (χ1n) is 7.54. The number of rotatable bonds is 5. The summed E-state index contributed by atoms with van der Waals surface area (Å²) < 4.78 is 11.3. The molecule has 1 heterocycles. The molecular formula is C16H21N3O2. The van der Waals surface area contributed by atoms with Crippen molar-refractivity contribution in [2.24, 2.45) is 5.73 Å². The van der Waals surface area contributed by atoms with Crippen molar-refractivity contribution < 1.29 is 9.26 Å². The SMILES string of the molecule is CCOC1(c2noc(C(N)c3ccccc3)n2)CCCC1. The van der Waals surface area contributed by atoms with Crippen LogP contribution in [-0.2, 0) is 10.3 Å². The van der Waals surface area contributed by atoms with Crippen LogP contribution in [0.1, 0.15) is 55.9 Å². The maximum absolute atomic E-state index is 6.21. The van der Waals surface area contributed by atoms with E-state index in [2.05, 4.69) is 10.1 Å². The summed E-state index contributed by atoms with van der Waals surface area (Å²) in [5, 5.41) is 4.14. The van der Waals surface area contributed by atoms with Crippen LogP contribution in [0.25, 0.3) is 0 Å². The van der Waals surface area contributed by atoms with Crippen molar-refractivity contribution in [1.82, 2.24) is 10.1 Å². The molecule has 0 aliphatic heterocycles. The Kier molecular flexibility index (Phi) is 4.03. The van der Waals surface area contributed by atoms with Crippen molar-refractivity contribution in [3.8, 4) is 0 Å². The van der Waals surface area contributed by atoms with Gasteiger partial charge in [0.1, 0.15) is 11.6 Å². The Balaban J connectivity index is 1.86. The predicted octanol–water partition coefficient (Wildman–Crippen LogP) is 2.92. The molecular weight excluding hydrogens is 266 g/mol. The van der Waals surface area contributed by atoms with E-state index in [0.717, 1.165) is 31.2 Å². The maximum Gasteiger partial charge on any atom is 0.248 e. The summed E-state index contributed by atoms with van der Waals surface area (Å²) in [6.45, 7) is 2.64. The van der Waals surface area contributed by atoms with E-state index in [9.17, 15) is 0 Å². The van der Waals surface area contributed by atoms with Crippen molar-refractivity contribution in [3.05, 3.63) is 47.6 Å². The number of hydrogen-bond acceptors (Lipinski definition) is 5. The van der Waals surface area contributed by atoms with Gasteiger partial charge < -0.3 is 15.0 Å². The first kappa shape index (κ1) is 14.2. The van der Waals surface area contributed by atoms with E-state index in [1.54, 1.807) is 0 Å². The zero-order chi connectivity index (χ0) is 14.7. The third kappa shape index (κ3) is 2.71. The van der Waals surface area contributed by atoms with E-state index < -0.39 is 6.04 Å². The van der Waals surface area contributed by atoms with Gasteiger partial charge in [0.15, 0.2) is 0 Å². The minimum absolute atomic E-state index is 0.382. The molecule has 112 valence electrons. The van der Waals surface area contributed by atoms with E-state index in [-0.39, 0.29) is 5.60 Å². The lowest BCUT2D eigenvalue weighted by Crippen LogP contribution is -2.28. The highest BCUT2D eigenvalue weighted by molar-refractivity contribution is 5.23. The van der Waals surface area contributed by atoms with Gasteiger partial charge in [-0.2, -0.15) is 4.98 Å². The van der Waals surface area contributed by atoms with Crippen LogP contribution in [0, 0.1) is 0 Å². The average Bonchev–Trinajstić information content (AvgIpc) is 3.17. The minimum Gasteiger partial charge on any atom is -0.367 e. The fraction of sp³-hybridized carbons (Fsp3) is 0.500. The number of aromatic nitrogens is 2. The molecule has 21 heavy (non-hydrogen) atoms. The largest absolute Gasteiger partial charge is 0.367 e. The van der Waals surface area contributed by atoms with E-state index >= 15 is 0 Å². The van der Waals surface area contributed by atoms with Crippen LogP contribution < -0.4 is 5.73 Å². The number of ether oxygens (including phenoxy) is 1. The number of hydrogen-bond donors (Lipinski definition) is 1. The molecule has 0 spiro atoms. The molecule has 5 nitrogen and oxygen atoms in total. The van der Waals surface area contributed by atoms with Crippen LogP contribution in [0.4, 0.5) is 0 Å². The second kappa shape index (κ2) is 5.95. The summed E-state index contributed by atoms with van der Waals surface area (Å²) in [5.41, 5.74) is 6.79. The second-order valence-electron chi connectivity index (χ2n) is 5.48. The van der Waals surface area contributed by atoms with Gasteiger partial charge in [-0.05, 0) is 38.2 Å². The normalized spacial score (nSPS) is 18.8. The van der Waals surface area contributed by atoms with Crippen LogP contribution in [0.5, 0.6) is 0 Å². The van der Waals surface area contributed by atoms with Gasteiger partial charge in [0.05, 0.1) is 0 Å². The van der Waals surface area contributed by atoms with E-state index in [0.29, 0.717) is 18.3 Å². The van der Waals surface area contributed by atoms with Crippen LogP contribution in [0.3, 0.4) is 0 Å². The van der Waals surface area contributed by atoms with Gasteiger partial charge in [-0.15, -0.1) is 0 Å². The molecule has 0 amide bonds. The van der Waals surface area contributed by atoms with Gasteiger partial charge >= 0.3 is 0 Å². The lowest BCUT2D eigenvalue weighted by molar-refractivity contribution is -0.0469. The highest BCUT2D eigenvalue weighted by Crippen LogP contribution is 2.41. The van der Waals surface area contributed by atoms with E-state index in [1.807, 2.05) is 37.3 Å². The summed E-state index contributed by atoms with van der Waals surface area (Å²) in [6.07, 6.45) is 4.16. The quantitative estimate of drug-likeness (QED) is 0.915. The molecule has 1 aliphatic rings. The lowest BCUT2D eigenvalue weighted by Gasteiger charge is -2.24. The van der Waals surface area contributed by atoms with Crippen molar-refractivity contribution in [2.75, 3.05) is 6.61 Å². The topological polar surface area (TPSA) is 74.2 Å². The molecule has 1 atom stereocenters. The number of nitrogens with zero attached hydrogens (tertiary/aromatic N) is 2. The third-order valence-electron chi connectivity index (χ3n) is 4.11. The molecule has 1 aromatic carbocycles. The van der Waals surface area contributed by atoms with Gasteiger partial charge in [-0.1, -0.05) is 35.5 Å². The van der Waals surface area contributed by atoms with Gasteiger partial charge in [-0.25, -0.2) is 0 Å². The molecule has 1 fully saturated rings. The molecule has 1 aromatic heterocycles. The van der Waals surface area contributed by atoms with Crippen LogP contribution in [0.15, 0.2) is 34.9 Å². The fourth-order valence-corrected chi connectivity index (χ4v) is 3.00. The van der Waals surface area contributed by atoms with Gasteiger partial charge in [0.2, 0.25) is 11.7 Å². The summed E-state index contributed by atoms with van der Waals surface area (Å²) in [6, 6.07) is 9.38. The molecule has 1 unspecified atom stereocenters. The molecule has 5 heteroatoms. The Hall–Kier alpha value is -1.72. The van der Waals surface area contributed by atoms with Gasteiger partial charge in [0.25, 0.3) is 0 Å². The molecule has 0 saturated heterocycles. The standard InChI is InChI=1S/C16H21N3O2/c1-2-20-16(10-6-7-11-16)15-18-14(21-19-15)13(17)12-8-4-3-5-9-12/h3-5,8-9,13H,2,6-7,10-11,17H2,1H3. The third-order valence-corrected chi connectivity index (χ3v) is 4.11. The molecule has 0 bridgehead atoms. The number of nitrogens with two attached hydrogens (primary N) is 1. The van der Waals surface area contributed by atoms with Crippen molar-refractivity contribution in [3.63, 3.8) is 0 Å². The highest BCUT2D eigenvalue weighted by Gasteiger charge is 2.41. The van der Waals surface area contributed by atoms with Gasteiger partial charge in [-0.3, -0.25) is 0 Å². The van der Waals surface area contributed by atoms with Crippen molar-refractivity contribution in [1.29, 1.82) is 0 Å². The van der Waals surface area contributed by atoms with Gasteiger partial charge in [0, 0.05) is 6.61 Å². The Morgan fingerprint density at radius 2 is 2.00 bits per heavy atom. The van der Waals surface area contributed by atoms with Crippen LogP contribution >= 0.6 is 0 Å². The van der Waals surface area contributed by atoms with Crippen molar-refractivity contribution >= 4 is 0 Å². The predicted molar refractivity (Wildman–Crippen MR) is 78.5 cm³/mol. The summed E-state index contributed by atoms with van der Waals surface area (Å²) >= 11 is 0. The molecule has 3 rings (SSSR count). The average molecular weight is 287 g/mol. The smallest absolute Gasteiger partial charge is 0.248 e. The Labute approximate surface area is 124 Å². The molecule has 2 aromatic rings. The summed E-state index contributed by atoms with van der Waals surface area (Å²) in [7, 11) is 0. The van der Waals surface area contributed by atoms with E-state index in [4.69, 9.17) is 15.0 Å².